The number of carbonyl (C=O) groups excluding carboxylic acids is 2. The third-order valence-corrected chi connectivity index (χ3v) is 1.38. The van der Waals surface area contributed by atoms with Crippen LogP contribution in [0, 0.1) is 0 Å². The van der Waals surface area contributed by atoms with Gasteiger partial charge in [0.1, 0.15) is 13.2 Å². The first-order valence-corrected chi connectivity index (χ1v) is 4.50. The molecule has 0 fully saturated rings. The zero-order chi connectivity index (χ0) is 9.40. The summed E-state index contributed by atoms with van der Waals surface area (Å²) in [5.41, 5.74) is 0. The van der Waals surface area contributed by atoms with Crippen molar-refractivity contribution in [2.24, 2.45) is 0 Å². The van der Waals surface area contributed by atoms with Gasteiger partial charge < -0.3 is 9.47 Å². The number of carbonyl (C=O) groups is 2. The Kier molecular flexibility index (Phi) is 14.6. The predicted molar refractivity (Wildman–Crippen MR) is 56.8 cm³/mol. The first kappa shape index (κ1) is 16.7. The number of ether oxygens (including phenoxy) is 2. The van der Waals surface area contributed by atoms with Crippen molar-refractivity contribution in [2.75, 3.05) is 24.7 Å². The summed E-state index contributed by atoms with van der Waals surface area (Å²) in [5, 5.41) is 0. The van der Waals surface area contributed by atoms with Crippen LogP contribution in [0.2, 0.25) is 0 Å². The molecule has 72 valence electrons. The Balaban J connectivity index is 0. The van der Waals surface area contributed by atoms with E-state index in [4.69, 9.17) is 0 Å². The molecular formula is C6H11KO4S2. The van der Waals surface area contributed by atoms with Gasteiger partial charge in [-0.15, -0.1) is 0 Å². The summed E-state index contributed by atoms with van der Waals surface area (Å²) in [4.78, 5) is 20.9. The summed E-state index contributed by atoms with van der Waals surface area (Å²) < 4.78 is 9.14. The van der Waals surface area contributed by atoms with E-state index >= 15 is 0 Å². The third-order valence-electron chi connectivity index (χ3n) is 0.868. The summed E-state index contributed by atoms with van der Waals surface area (Å²) in [5.74, 6) is -0.804. The molecule has 7 heteroatoms. The Morgan fingerprint density at radius 1 is 0.923 bits per heavy atom. The topological polar surface area (TPSA) is 52.6 Å². The van der Waals surface area contributed by atoms with Gasteiger partial charge in [0, 0.05) is 0 Å². The Morgan fingerprint density at radius 3 is 1.46 bits per heavy atom. The van der Waals surface area contributed by atoms with Crippen LogP contribution in [0.25, 0.3) is 0 Å². The van der Waals surface area contributed by atoms with Crippen LogP contribution >= 0.6 is 25.3 Å². The molecule has 0 aliphatic rings. The van der Waals surface area contributed by atoms with Gasteiger partial charge in [-0.05, 0) is 0 Å². The van der Waals surface area contributed by atoms with Crippen molar-refractivity contribution >= 4 is 88.6 Å². The van der Waals surface area contributed by atoms with Gasteiger partial charge in [0.25, 0.3) is 0 Å². The standard InChI is InChI=1S/C6H10O4S2.K.H/c7-5(3-11)9-1-2-10-6(8)4-12;;/h11-12H,1-4H2;;. The van der Waals surface area contributed by atoms with Gasteiger partial charge in [0.05, 0.1) is 11.5 Å². The maximum absolute atomic E-state index is 10.5. The zero-order valence-electron chi connectivity index (χ0n) is 6.36. The summed E-state index contributed by atoms with van der Waals surface area (Å²) in [6.07, 6.45) is 0. The molecule has 0 rings (SSSR count). The molecule has 0 saturated heterocycles. The Bertz CT molecular complexity index is 147. The molecule has 0 atom stereocenters. The molecule has 0 saturated carbocycles. The first-order valence-electron chi connectivity index (χ1n) is 3.23. The van der Waals surface area contributed by atoms with Gasteiger partial charge >= 0.3 is 63.3 Å². The first-order chi connectivity index (χ1) is 5.70. The Hall–Kier alpha value is 1.28. The van der Waals surface area contributed by atoms with Crippen LogP contribution in [-0.4, -0.2) is 88.0 Å². The van der Waals surface area contributed by atoms with Crippen molar-refractivity contribution in [1.29, 1.82) is 0 Å². The number of thiol groups is 2. The monoisotopic (exact) mass is 250 g/mol. The normalized spacial score (nSPS) is 8.46. The van der Waals surface area contributed by atoms with Crippen LogP contribution in [0.3, 0.4) is 0 Å². The fourth-order valence-electron chi connectivity index (χ4n) is 0.402. The van der Waals surface area contributed by atoms with E-state index in [1.807, 2.05) is 0 Å². The quantitative estimate of drug-likeness (QED) is 0.293. The number of hydrogen-bond acceptors (Lipinski definition) is 6. The van der Waals surface area contributed by atoms with E-state index in [0.717, 1.165) is 0 Å². The van der Waals surface area contributed by atoms with Crippen molar-refractivity contribution in [1.82, 2.24) is 0 Å². The minimum absolute atomic E-state index is 0. The second kappa shape index (κ2) is 11.4. The van der Waals surface area contributed by atoms with Crippen molar-refractivity contribution < 1.29 is 19.1 Å². The van der Waals surface area contributed by atoms with Gasteiger partial charge in [0.2, 0.25) is 0 Å². The van der Waals surface area contributed by atoms with E-state index in [9.17, 15) is 9.59 Å². The molecule has 4 nitrogen and oxygen atoms in total. The van der Waals surface area contributed by atoms with Crippen LogP contribution in [0.4, 0.5) is 0 Å². The molecular weight excluding hydrogens is 239 g/mol. The maximum atomic E-state index is 10.5. The number of esters is 2. The van der Waals surface area contributed by atoms with Gasteiger partial charge in [-0.2, -0.15) is 25.3 Å². The van der Waals surface area contributed by atoms with E-state index in [1.165, 1.54) is 0 Å². The third kappa shape index (κ3) is 11.2. The molecule has 13 heavy (non-hydrogen) atoms. The second-order valence-electron chi connectivity index (χ2n) is 1.76. The fourth-order valence-corrected chi connectivity index (χ4v) is 0.585. The van der Waals surface area contributed by atoms with Gasteiger partial charge in [-0.3, -0.25) is 9.59 Å². The fraction of sp³-hybridized carbons (Fsp3) is 0.667. The average Bonchev–Trinajstić information content (AvgIpc) is 2.11. The van der Waals surface area contributed by atoms with E-state index in [2.05, 4.69) is 34.7 Å². The van der Waals surface area contributed by atoms with Gasteiger partial charge in [0.15, 0.2) is 0 Å². The second-order valence-corrected chi connectivity index (χ2v) is 2.39. The van der Waals surface area contributed by atoms with Gasteiger partial charge in [-0.1, -0.05) is 0 Å². The van der Waals surface area contributed by atoms with Crippen LogP contribution in [0.1, 0.15) is 0 Å². The van der Waals surface area contributed by atoms with Crippen LogP contribution in [-0.2, 0) is 19.1 Å². The summed E-state index contributed by atoms with van der Waals surface area (Å²) in [6.45, 7) is 0.137. The Morgan fingerprint density at radius 2 is 1.23 bits per heavy atom. The molecule has 0 aromatic heterocycles. The Labute approximate surface area is 130 Å². The molecule has 0 N–H and O–H groups in total. The van der Waals surface area contributed by atoms with E-state index in [-0.39, 0.29) is 76.1 Å². The zero-order valence-corrected chi connectivity index (χ0v) is 8.14. The molecule has 0 aromatic rings. The van der Waals surface area contributed by atoms with Gasteiger partial charge in [-0.25, -0.2) is 0 Å². The van der Waals surface area contributed by atoms with Crippen LogP contribution in [0.15, 0.2) is 0 Å². The molecule has 0 aliphatic heterocycles. The molecule has 0 heterocycles. The minimum atomic E-state index is -0.430. The molecule has 0 spiro atoms. The van der Waals surface area contributed by atoms with Crippen molar-refractivity contribution in [3.05, 3.63) is 0 Å². The van der Waals surface area contributed by atoms with Crippen LogP contribution in [0.5, 0.6) is 0 Å². The molecule has 0 bridgehead atoms. The molecule has 0 radical (unpaired) electrons. The molecule has 0 amide bonds. The summed E-state index contributed by atoms with van der Waals surface area (Å²) in [6, 6.07) is 0. The SMILES string of the molecule is O=C(CS)OCCOC(=O)CS.[KH]. The average molecular weight is 250 g/mol. The predicted octanol–water partition coefficient (Wildman–Crippen LogP) is -0.716. The number of rotatable bonds is 5. The van der Waals surface area contributed by atoms with E-state index in [0.29, 0.717) is 0 Å². The molecule has 0 unspecified atom stereocenters. The number of hydrogen-bond donors (Lipinski definition) is 2. The summed E-state index contributed by atoms with van der Waals surface area (Å²) in [7, 11) is 0. The van der Waals surface area contributed by atoms with Crippen molar-refractivity contribution in [2.45, 2.75) is 0 Å². The molecule has 0 aliphatic carbocycles. The molecule has 0 aromatic carbocycles. The summed E-state index contributed by atoms with van der Waals surface area (Å²) >= 11 is 7.36. The van der Waals surface area contributed by atoms with Crippen molar-refractivity contribution in [3.63, 3.8) is 0 Å². The van der Waals surface area contributed by atoms with Crippen molar-refractivity contribution in [3.8, 4) is 0 Å². The van der Waals surface area contributed by atoms with E-state index in [1.54, 1.807) is 0 Å². The van der Waals surface area contributed by atoms with E-state index < -0.39 is 11.9 Å². The van der Waals surface area contributed by atoms with Crippen LogP contribution < -0.4 is 0 Å².